The number of carbonyl (C=O) groups is 1. The quantitative estimate of drug-likeness (QED) is 0.427. The normalized spacial score (nSPS) is 10.7. The number of carbonyl (C=O) groups excluding carboxylic acids is 1. The van der Waals surface area contributed by atoms with E-state index in [1.54, 1.807) is 27.0 Å². The van der Waals surface area contributed by atoms with E-state index in [9.17, 15) is 4.79 Å². The Balaban J connectivity index is 1.71. The Morgan fingerprint density at radius 2 is 2.22 bits per heavy atom. The Hall–Kier alpha value is -2.45. The van der Waals surface area contributed by atoms with Gasteiger partial charge in [-0.3, -0.25) is 4.79 Å². The van der Waals surface area contributed by atoms with Crippen molar-refractivity contribution in [3.8, 4) is 5.69 Å². The molecule has 0 saturated carbocycles. The molecule has 140 valence electrons. The number of nitrogens with zero attached hydrogens (tertiary/aromatic N) is 5. The zero-order valence-electron chi connectivity index (χ0n) is 15.3. The molecule has 1 aromatic carbocycles. The van der Waals surface area contributed by atoms with Gasteiger partial charge in [-0.25, -0.2) is 0 Å². The molecule has 2 aromatic heterocycles. The molecule has 6 nitrogen and oxygen atoms in total. The molecule has 0 aliphatic rings. The van der Waals surface area contributed by atoms with Gasteiger partial charge in [-0.05, 0) is 52.9 Å². The van der Waals surface area contributed by atoms with Crippen molar-refractivity contribution >= 4 is 29.0 Å². The summed E-state index contributed by atoms with van der Waals surface area (Å²) in [6.07, 6.45) is 1.75. The molecule has 0 aliphatic carbocycles. The summed E-state index contributed by atoms with van der Waals surface area (Å²) < 4.78 is 1.69. The number of thiophene rings is 1. The average Bonchev–Trinajstić information content (AvgIpc) is 3.33. The van der Waals surface area contributed by atoms with Crippen molar-refractivity contribution in [2.24, 2.45) is 0 Å². The average molecular weight is 400 g/mol. The summed E-state index contributed by atoms with van der Waals surface area (Å²) in [5.41, 5.74) is 3.13. The molecule has 1 amide bonds. The first-order valence-corrected chi connectivity index (χ1v) is 10.3. The molecule has 3 aromatic rings. The molecule has 2 heterocycles. The third-order valence-corrected chi connectivity index (χ3v) is 5.75. The number of thioether (sulfide) groups is 1. The van der Waals surface area contributed by atoms with Crippen LogP contribution in [0.1, 0.15) is 16.0 Å². The lowest BCUT2D eigenvalue weighted by Gasteiger charge is -2.20. The third kappa shape index (κ3) is 4.84. The second-order valence-corrected chi connectivity index (χ2v) is 8.07. The minimum atomic E-state index is 0.0313. The van der Waals surface area contributed by atoms with Crippen LogP contribution < -0.4 is 0 Å². The van der Waals surface area contributed by atoms with Gasteiger partial charge in [0.1, 0.15) is 0 Å². The molecule has 0 aliphatic heterocycles. The molecule has 0 saturated heterocycles. The number of tetrazole rings is 1. The standard InChI is InChI=1S/C19H21N5OS2/c1-4-9-23(12-16-6-5-10-26-16)18(25)13-27-19-20-21-22-24(19)17-11-14(2)7-8-15(17)3/h4-8,10-11H,1,9,12-13H2,2-3H3. The highest BCUT2D eigenvalue weighted by atomic mass is 32.2. The Morgan fingerprint density at radius 3 is 2.96 bits per heavy atom. The number of benzene rings is 1. The first-order valence-electron chi connectivity index (χ1n) is 8.48. The zero-order chi connectivity index (χ0) is 19.2. The summed E-state index contributed by atoms with van der Waals surface area (Å²) in [6, 6.07) is 10.2. The van der Waals surface area contributed by atoms with Gasteiger partial charge in [-0.1, -0.05) is 36.0 Å². The van der Waals surface area contributed by atoms with Gasteiger partial charge in [0.15, 0.2) is 0 Å². The van der Waals surface area contributed by atoms with Crippen molar-refractivity contribution in [2.75, 3.05) is 12.3 Å². The maximum absolute atomic E-state index is 12.7. The van der Waals surface area contributed by atoms with Crippen LogP contribution in [0.2, 0.25) is 0 Å². The summed E-state index contributed by atoms with van der Waals surface area (Å²) in [4.78, 5) is 15.6. The lowest BCUT2D eigenvalue weighted by atomic mass is 10.1. The van der Waals surface area contributed by atoms with Gasteiger partial charge in [0, 0.05) is 11.4 Å². The van der Waals surface area contributed by atoms with E-state index in [4.69, 9.17) is 0 Å². The number of hydrogen-bond donors (Lipinski definition) is 0. The number of aryl methyl sites for hydroxylation is 2. The van der Waals surface area contributed by atoms with Crippen LogP contribution in [0.15, 0.2) is 53.5 Å². The largest absolute Gasteiger partial charge is 0.333 e. The SMILES string of the molecule is C=CCN(Cc1cccs1)C(=O)CSc1nnnn1-c1cc(C)ccc1C. The Morgan fingerprint density at radius 1 is 1.37 bits per heavy atom. The van der Waals surface area contributed by atoms with Crippen LogP contribution in [0.4, 0.5) is 0 Å². The highest BCUT2D eigenvalue weighted by Gasteiger charge is 2.17. The third-order valence-electron chi connectivity index (χ3n) is 3.99. The van der Waals surface area contributed by atoms with Crippen molar-refractivity contribution in [1.29, 1.82) is 0 Å². The van der Waals surface area contributed by atoms with Crippen LogP contribution in [0, 0.1) is 13.8 Å². The lowest BCUT2D eigenvalue weighted by Crippen LogP contribution is -2.31. The van der Waals surface area contributed by atoms with Gasteiger partial charge >= 0.3 is 0 Å². The highest BCUT2D eigenvalue weighted by molar-refractivity contribution is 7.99. The van der Waals surface area contributed by atoms with Crippen molar-refractivity contribution in [3.05, 3.63) is 64.4 Å². The molecule has 8 heteroatoms. The molecule has 0 unspecified atom stereocenters. The molecule has 27 heavy (non-hydrogen) atoms. The fourth-order valence-electron chi connectivity index (χ4n) is 2.59. The number of rotatable bonds is 8. The second-order valence-electron chi connectivity index (χ2n) is 6.09. The molecule has 0 atom stereocenters. The maximum atomic E-state index is 12.7. The van der Waals surface area contributed by atoms with Gasteiger partial charge in [0.25, 0.3) is 0 Å². The fraction of sp³-hybridized carbons (Fsp3) is 0.263. The van der Waals surface area contributed by atoms with E-state index in [0.717, 1.165) is 21.7 Å². The Bertz CT molecular complexity index is 920. The van der Waals surface area contributed by atoms with Crippen molar-refractivity contribution in [3.63, 3.8) is 0 Å². The minimum Gasteiger partial charge on any atom is -0.333 e. The van der Waals surface area contributed by atoms with Gasteiger partial charge in [0.05, 0.1) is 18.0 Å². The molecule has 0 bridgehead atoms. The smallest absolute Gasteiger partial charge is 0.233 e. The molecule has 0 N–H and O–H groups in total. The van der Waals surface area contributed by atoms with Crippen LogP contribution in [-0.2, 0) is 11.3 Å². The molecular weight excluding hydrogens is 378 g/mol. The van der Waals surface area contributed by atoms with Crippen molar-refractivity contribution < 1.29 is 4.79 Å². The first-order chi connectivity index (χ1) is 13.1. The topological polar surface area (TPSA) is 63.9 Å². The zero-order valence-corrected chi connectivity index (χ0v) is 17.0. The Labute approximate surface area is 166 Å². The predicted octanol–water partition coefficient (Wildman–Crippen LogP) is 3.65. The molecule has 0 spiro atoms. The van der Waals surface area contributed by atoms with Crippen molar-refractivity contribution in [2.45, 2.75) is 25.5 Å². The van der Waals surface area contributed by atoms with Crippen LogP contribution in [-0.4, -0.2) is 43.3 Å². The lowest BCUT2D eigenvalue weighted by molar-refractivity contribution is -0.128. The van der Waals surface area contributed by atoms with Gasteiger partial charge in [-0.2, -0.15) is 4.68 Å². The summed E-state index contributed by atoms with van der Waals surface area (Å²) in [5, 5.41) is 14.6. The van der Waals surface area contributed by atoms with E-state index in [0.29, 0.717) is 18.2 Å². The predicted molar refractivity (Wildman–Crippen MR) is 109 cm³/mol. The van der Waals surface area contributed by atoms with E-state index >= 15 is 0 Å². The van der Waals surface area contributed by atoms with E-state index in [1.165, 1.54) is 11.8 Å². The van der Waals surface area contributed by atoms with E-state index in [2.05, 4.69) is 28.2 Å². The van der Waals surface area contributed by atoms with Gasteiger partial charge in [-0.15, -0.1) is 23.0 Å². The van der Waals surface area contributed by atoms with Crippen molar-refractivity contribution in [1.82, 2.24) is 25.1 Å². The van der Waals surface area contributed by atoms with E-state index in [1.807, 2.05) is 43.5 Å². The molecular formula is C19H21N5OS2. The first kappa shape index (κ1) is 19.3. The summed E-state index contributed by atoms with van der Waals surface area (Å²) >= 11 is 2.98. The van der Waals surface area contributed by atoms with Crippen LogP contribution >= 0.6 is 23.1 Å². The number of hydrogen-bond acceptors (Lipinski definition) is 6. The second kappa shape index (κ2) is 8.96. The summed E-state index contributed by atoms with van der Waals surface area (Å²) in [7, 11) is 0. The highest BCUT2D eigenvalue weighted by Crippen LogP contribution is 2.22. The summed E-state index contributed by atoms with van der Waals surface area (Å²) in [6.45, 7) is 8.91. The molecule has 0 fully saturated rings. The Kier molecular flexibility index (Phi) is 6.41. The van der Waals surface area contributed by atoms with Gasteiger partial charge < -0.3 is 4.90 Å². The van der Waals surface area contributed by atoms with Crippen LogP contribution in [0.5, 0.6) is 0 Å². The fourth-order valence-corrected chi connectivity index (χ4v) is 4.09. The van der Waals surface area contributed by atoms with Crippen LogP contribution in [0.3, 0.4) is 0 Å². The number of aromatic nitrogens is 4. The van der Waals surface area contributed by atoms with Crippen LogP contribution in [0.25, 0.3) is 5.69 Å². The van der Waals surface area contributed by atoms with E-state index < -0.39 is 0 Å². The number of amides is 1. The molecule has 3 rings (SSSR count). The van der Waals surface area contributed by atoms with E-state index in [-0.39, 0.29) is 11.7 Å². The van der Waals surface area contributed by atoms with Gasteiger partial charge in [0.2, 0.25) is 11.1 Å². The monoisotopic (exact) mass is 399 g/mol. The maximum Gasteiger partial charge on any atom is 0.233 e. The minimum absolute atomic E-state index is 0.0313. The summed E-state index contributed by atoms with van der Waals surface area (Å²) in [5.74, 6) is 0.300. The molecule has 0 radical (unpaired) electrons.